The van der Waals surface area contributed by atoms with Gasteiger partial charge in [0.25, 0.3) is 5.91 Å². The predicted octanol–water partition coefficient (Wildman–Crippen LogP) is 2.79. The van der Waals surface area contributed by atoms with E-state index in [2.05, 4.69) is 0 Å². The number of hydroxylamine groups is 2. The molecule has 0 saturated carbocycles. The van der Waals surface area contributed by atoms with Gasteiger partial charge in [0.2, 0.25) is 0 Å². The molecule has 0 unspecified atom stereocenters. The fourth-order valence-electron chi connectivity index (χ4n) is 2.56. The van der Waals surface area contributed by atoms with Gasteiger partial charge in [-0.1, -0.05) is 0 Å². The van der Waals surface area contributed by atoms with E-state index >= 15 is 0 Å². The summed E-state index contributed by atoms with van der Waals surface area (Å²) in [5.74, 6) is 0.0732. The highest BCUT2D eigenvalue weighted by Crippen LogP contribution is 2.31. The molecule has 3 rings (SSSR count). The third kappa shape index (κ3) is 2.11. The van der Waals surface area contributed by atoms with Crippen LogP contribution in [0.25, 0.3) is 0 Å². The first-order valence-corrected chi connectivity index (χ1v) is 7.28. The summed E-state index contributed by atoms with van der Waals surface area (Å²) >= 11 is 1.74. The topological polar surface area (TPSA) is 29.5 Å². The Morgan fingerprint density at radius 3 is 2.94 bits per heavy atom. The molecule has 2 aliphatic rings. The smallest absolute Gasteiger partial charge is 0.271 e. The van der Waals surface area contributed by atoms with E-state index in [1.807, 2.05) is 5.38 Å². The van der Waals surface area contributed by atoms with Crippen molar-refractivity contribution < 1.29 is 9.63 Å². The molecule has 17 heavy (non-hydrogen) atoms. The zero-order chi connectivity index (χ0) is 11.7. The van der Waals surface area contributed by atoms with Crippen molar-refractivity contribution >= 4 is 17.2 Å². The lowest BCUT2D eigenvalue weighted by atomic mass is 9.95. The Morgan fingerprint density at radius 1 is 1.24 bits per heavy atom. The second-order valence-corrected chi connectivity index (χ2v) is 5.67. The Bertz CT molecular complexity index is 421. The van der Waals surface area contributed by atoms with Gasteiger partial charge in [-0.2, -0.15) is 0 Å². The molecule has 1 saturated heterocycles. The molecule has 2 heterocycles. The molecule has 92 valence electrons. The molecule has 1 aliphatic carbocycles. The van der Waals surface area contributed by atoms with Crippen molar-refractivity contribution in [1.29, 1.82) is 0 Å². The Hall–Kier alpha value is -0.870. The number of hydrogen-bond donors (Lipinski definition) is 0. The summed E-state index contributed by atoms with van der Waals surface area (Å²) in [6, 6.07) is 0. The minimum Gasteiger partial charge on any atom is -0.271 e. The molecule has 1 fully saturated rings. The number of amides is 1. The third-order valence-corrected chi connectivity index (χ3v) is 4.61. The first-order chi connectivity index (χ1) is 8.36. The summed E-state index contributed by atoms with van der Waals surface area (Å²) in [6.07, 6.45) is 6.80. The van der Waals surface area contributed by atoms with Gasteiger partial charge in [-0.15, -0.1) is 11.3 Å². The van der Waals surface area contributed by atoms with Crippen molar-refractivity contribution in [2.45, 2.75) is 38.5 Å². The lowest BCUT2D eigenvalue weighted by molar-refractivity contribution is -0.144. The number of nitrogens with zero attached hydrogens (tertiary/aromatic N) is 1. The zero-order valence-corrected chi connectivity index (χ0v) is 10.7. The average Bonchev–Trinajstić information content (AvgIpc) is 2.83. The van der Waals surface area contributed by atoms with Crippen LogP contribution in [0.2, 0.25) is 0 Å². The van der Waals surface area contributed by atoms with Crippen LogP contribution in [0.15, 0.2) is 5.38 Å². The van der Waals surface area contributed by atoms with Gasteiger partial charge in [-0.25, -0.2) is 5.06 Å². The van der Waals surface area contributed by atoms with Crippen LogP contribution in [0, 0.1) is 0 Å². The summed E-state index contributed by atoms with van der Waals surface area (Å²) in [5, 5.41) is 3.58. The van der Waals surface area contributed by atoms with Gasteiger partial charge < -0.3 is 0 Å². The SMILES string of the molecule is O=C(c1csc2c1CCCC2)N1CCCCO1. The Morgan fingerprint density at radius 2 is 2.12 bits per heavy atom. The first kappa shape index (κ1) is 11.2. The number of aryl methyl sites for hydroxylation is 1. The van der Waals surface area contributed by atoms with Gasteiger partial charge in [0.1, 0.15) is 0 Å². The maximum atomic E-state index is 12.3. The van der Waals surface area contributed by atoms with Crippen LogP contribution in [0.5, 0.6) is 0 Å². The summed E-state index contributed by atoms with van der Waals surface area (Å²) in [4.78, 5) is 19.2. The van der Waals surface area contributed by atoms with Crippen molar-refractivity contribution in [3.8, 4) is 0 Å². The molecule has 0 radical (unpaired) electrons. The predicted molar refractivity (Wildman–Crippen MR) is 67.2 cm³/mol. The highest BCUT2D eigenvalue weighted by atomic mass is 32.1. The van der Waals surface area contributed by atoms with E-state index in [1.54, 1.807) is 16.4 Å². The Labute approximate surface area is 105 Å². The molecule has 0 bridgehead atoms. The number of carbonyl (C=O) groups is 1. The number of fused-ring (bicyclic) bond motifs is 1. The number of carbonyl (C=O) groups excluding carboxylic acids is 1. The summed E-state index contributed by atoms with van der Waals surface area (Å²) in [7, 11) is 0. The maximum absolute atomic E-state index is 12.3. The quantitative estimate of drug-likeness (QED) is 0.768. The zero-order valence-electron chi connectivity index (χ0n) is 9.91. The molecule has 3 nitrogen and oxygen atoms in total. The highest BCUT2D eigenvalue weighted by Gasteiger charge is 2.25. The van der Waals surface area contributed by atoms with Gasteiger partial charge >= 0.3 is 0 Å². The lowest BCUT2D eigenvalue weighted by Gasteiger charge is -2.26. The second kappa shape index (κ2) is 4.78. The Kier molecular flexibility index (Phi) is 3.16. The lowest BCUT2D eigenvalue weighted by Crippen LogP contribution is -2.36. The van der Waals surface area contributed by atoms with Gasteiger partial charge in [-0.05, 0) is 44.1 Å². The summed E-state index contributed by atoms with van der Waals surface area (Å²) in [5.41, 5.74) is 2.19. The van der Waals surface area contributed by atoms with Crippen LogP contribution in [0.4, 0.5) is 0 Å². The maximum Gasteiger partial charge on any atom is 0.278 e. The van der Waals surface area contributed by atoms with Crippen LogP contribution in [-0.2, 0) is 17.7 Å². The van der Waals surface area contributed by atoms with E-state index in [1.165, 1.54) is 23.3 Å². The highest BCUT2D eigenvalue weighted by molar-refractivity contribution is 7.10. The van der Waals surface area contributed by atoms with Crippen molar-refractivity contribution in [1.82, 2.24) is 5.06 Å². The first-order valence-electron chi connectivity index (χ1n) is 6.40. The van der Waals surface area contributed by atoms with Crippen molar-refractivity contribution in [3.63, 3.8) is 0 Å². The Balaban J connectivity index is 1.83. The van der Waals surface area contributed by atoms with Gasteiger partial charge in [0, 0.05) is 16.8 Å². The molecule has 4 heteroatoms. The minimum absolute atomic E-state index is 0.0732. The van der Waals surface area contributed by atoms with Crippen LogP contribution >= 0.6 is 11.3 Å². The molecular weight excluding hydrogens is 234 g/mol. The van der Waals surface area contributed by atoms with E-state index < -0.39 is 0 Å². The van der Waals surface area contributed by atoms with Crippen LogP contribution in [-0.4, -0.2) is 24.1 Å². The molecule has 1 aliphatic heterocycles. The number of thiophene rings is 1. The van der Waals surface area contributed by atoms with Crippen molar-refractivity contribution in [3.05, 3.63) is 21.4 Å². The minimum atomic E-state index is 0.0732. The molecular formula is C13H17NO2S. The van der Waals surface area contributed by atoms with Crippen LogP contribution in [0.3, 0.4) is 0 Å². The fourth-order valence-corrected chi connectivity index (χ4v) is 3.68. The molecule has 0 atom stereocenters. The second-order valence-electron chi connectivity index (χ2n) is 4.71. The van der Waals surface area contributed by atoms with E-state index in [-0.39, 0.29) is 5.91 Å². The normalized spacial score (nSPS) is 20.1. The van der Waals surface area contributed by atoms with Crippen molar-refractivity contribution in [2.24, 2.45) is 0 Å². The molecule has 0 aromatic carbocycles. The largest absolute Gasteiger partial charge is 0.278 e. The average molecular weight is 251 g/mol. The number of rotatable bonds is 1. The van der Waals surface area contributed by atoms with Gasteiger partial charge in [-0.3, -0.25) is 9.63 Å². The van der Waals surface area contributed by atoms with E-state index in [4.69, 9.17) is 4.84 Å². The van der Waals surface area contributed by atoms with Gasteiger partial charge in [0.05, 0.1) is 12.2 Å². The van der Waals surface area contributed by atoms with Crippen LogP contribution < -0.4 is 0 Å². The van der Waals surface area contributed by atoms with Crippen LogP contribution in [0.1, 0.15) is 46.5 Å². The van der Waals surface area contributed by atoms with E-state index in [9.17, 15) is 4.79 Å². The third-order valence-electron chi connectivity index (χ3n) is 3.52. The molecule has 1 aromatic heterocycles. The van der Waals surface area contributed by atoms with E-state index in [0.717, 1.165) is 37.8 Å². The van der Waals surface area contributed by atoms with E-state index in [0.29, 0.717) is 6.61 Å². The summed E-state index contributed by atoms with van der Waals surface area (Å²) in [6.45, 7) is 1.42. The van der Waals surface area contributed by atoms with Crippen molar-refractivity contribution in [2.75, 3.05) is 13.2 Å². The summed E-state index contributed by atoms with van der Waals surface area (Å²) < 4.78 is 0. The molecule has 1 amide bonds. The molecule has 0 spiro atoms. The van der Waals surface area contributed by atoms with Gasteiger partial charge in [0.15, 0.2) is 0 Å². The fraction of sp³-hybridized carbons (Fsp3) is 0.615. The molecule has 1 aromatic rings. The molecule has 0 N–H and O–H groups in total. The number of hydrogen-bond acceptors (Lipinski definition) is 3. The standard InChI is InChI=1S/C13H17NO2S/c15-13(14-7-3-4-8-16-14)11-9-17-12-6-2-1-5-10(11)12/h9H,1-8H2. The monoisotopic (exact) mass is 251 g/mol.